The molecule has 78 valence electrons. The summed E-state index contributed by atoms with van der Waals surface area (Å²) in [6.07, 6.45) is 2.10. The van der Waals surface area contributed by atoms with E-state index in [-0.39, 0.29) is 0 Å². The standard InChI is InChI=1S/C10H18N4/c1-8-6-14(5-4-11-8)10-7-13(3)12-9(10)2/h7-8,11H,4-6H2,1-3H3. The second-order valence-electron chi connectivity index (χ2n) is 4.07. The van der Waals surface area contributed by atoms with Crippen molar-refractivity contribution in [2.45, 2.75) is 19.9 Å². The molecule has 4 heteroatoms. The maximum atomic E-state index is 4.37. The summed E-state index contributed by atoms with van der Waals surface area (Å²) in [5.74, 6) is 0. The van der Waals surface area contributed by atoms with Gasteiger partial charge in [-0.15, -0.1) is 0 Å². The number of nitrogens with zero attached hydrogens (tertiary/aromatic N) is 3. The number of rotatable bonds is 1. The third kappa shape index (κ3) is 1.75. The van der Waals surface area contributed by atoms with Crippen molar-refractivity contribution < 1.29 is 0 Å². The summed E-state index contributed by atoms with van der Waals surface area (Å²) in [7, 11) is 1.97. The second-order valence-corrected chi connectivity index (χ2v) is 4.07. The average molecular weight is 194 g/mol. The summed E-state index contributed by atoms with van der Waals surface area (Å²) in [6.45, 7) is 7.51. The van der Waals surface area contributed by atoms with E-state index in [1.165, 1.54) is 5.69 Å². The molecule has 0 aliphatic carbocycles. The zero-order chi connectivity index (χ0) is 10.1. The van der Waals surface area contributed by atoms with Crippen LogP contribution >= 0.6 is 0 Å². The third-order valence-electron chi connectivity index (χ3n) is 2.70. The number of aryl methyl sites for hydroxylation is 2. The van der Waals surface area contributed by atoms with Gasteiger partial charge in [-0.3, -0.25) is 4.68 Å². The number of piperazine rings is 1. The number of hydrogen-bond acceptors (Lipinski definition) is 3. The monoisotopic (exact) mass is 194 g/mol. The maximum absolute atomic E-state index is 4.37. The van der Waals surface area contributed by atoms with Crippen LogP contribution in [0.25, 0.3) is 0 Å². The lowest BCUT2D eigenvalue weighted by Gasteiger charge is -2.33. The van der Waals surface area contributed by atoms with Crippen molar-refractivity contribution >= 4 is 5.69 Å². The Morgan fingerprint density at radius 2 is 2.36 bits per heavy atom. The molecule has 0 amide bonds. The summed E-state index contributed by atoms with van der Waals surface area (Å²) in [4.78, 5) is 2.41. The van der Waals surface area contributed by atoms with Gasteiger partial charge in [0.15, 0.2) is 0 Å². The SMILES string of the molecule is Cc1nn(C)cc1N1CCNC(C)C1. The number of nitrogens with one attached hydrogen (secondary N) is 1. The molecule has 1 aliphatic rings. The third-order valence-corrected chi connectivity index (χ3v) is 2.70. The minimum atomic E-state index is 0.573. The zero-order valence-electron chi connectivity index (χ0n) is 9.12. The minimum Gasteiger partial charge on any atom is -0.366 e. The molecule has 1 atom stereocenters. The van der Waals surface area contributed by atoms with Crippen LogP contribution in [0.1, 0.15) is 12.6 Å². The van der Waals surface area contributed by atoms with Crippen molar-refractivity contribution in [3.63, 3.8) is 0 Å². The van der Waals surface area contributed by atoms with E-state index in [2.05, 4.69) is 35.4 Å². The van der Waals surface area contributed by atoms with Crippen LogP contribution in [0.5, 0.6) is 0 Å². The fraction of sp³-hybridized carbons (Fsp3) is 0.700. The highest BCUT2D eigenvalue weighted by atomic mass is 15.3. The normalized spacial score (nSPS) is 22.8. The van der Waals surface area contributed by atoms with Crippen LogP contribution in [0.3, 0.4) is 0 Å². The molecule has 0 spiro atoms. The van der Waals surface area contributed by atoms with E-state index in [0.717, 1.165) is 25.3 Å². The van der Waals surface area contributed by atoms with Gasteiger partial charge in [-0.05, 0) is 13.8 Å². The van der Waals surface area contributed by atoms with Crippen molar-refractivity contribution in [1.82, 2.24) is 15.1 Å². The van der Waals surface area contributed by atoms with E-state index in [1.807, 2.05) is 11.7 Å². The molecule has 1 saturated heterocycles. The van der Waals surface area contributed by atoms with Crippen molar-refractivity contribution in [3.05, 3.63) is 11.9 Å². The van der Waals surface area contributed by atoms with E-state index in [9.17, 15) is 0 Å². The highest BCUT2D eigenvalue weighted by Crippen LogP contribution is 2.19. The fourth-order valence-corrected chi connectivity index (χ4v) is 2.05. The molecular weight excluding hydrogens is 176 g/mol. The predicted molar refractivity (Wildman–Crippen MR) is 57.6 cm³/mol. The minimum absolute atomic E-state index is 0.573. The van der Waals surface area contributed by atoms with Crippen LogP contribution in [-0.2, 0) is 7.05 Å². The highest BCUT2D eigenvalue weighted by Gasteiger charge is 2.18. The van der Waals surface area contributed by atoms with Crippen molar-refractivity contribution in [1.29, 1.82) is 0 Å². The van der Waals surface area contributed by atoms with Gasteiger partial charge in [-0.2, -0.15) is 5.10 Å². The quantitative estimate of drug-likeness (QED) is 0.708. The van der Waals surface area contributed by atoms with Crippen molar-refractivity contribution in [3.8, 4) is 0 Å². The van der Waals surface area contributed by atoms with Crippen LogP contribution in [0.2, 0.25) is 0 Å². The van der Waals surface area contributed by atoms with Crippen LogP contribution < -0.4 is 10.2 Å². The molecule has 0 bridgehead atoms. The number of hydrogen-bond donors (Lipinski definition) is 1. The summed E-state index contributed by atoms with van der Waals surface area (Å²) in [5, 5.41) is 7.80. The fourth-order valence-electron chi connectivity index (χ4n) is 2.05. The Morgan fingerprint density at radius 3 is 2.93 bits per heavy atom. The van der Waals surface area contributed by atoms with Gasteiger partial charge in [0.05, 0.1) is 11.4 Å². The van der Waals surface area contributed by atoms with Crippen molar-refractivity contribution in [2.75, 3.05) is 24.5 Å². The Bertz CT molecular complexity index is 318. The Labute approximate surface area is 84.9 Å². The molecule has 2 heterocycles. The maximum Gasteiger partial charge on any atom is 0.0827 e. The predicted octanol–water partition coefficient (Wildman–Crippen LogP) is 0.527. The van der Waals surface area contributed by atoms with E-state index < -0.39 is 0 Å². The van der Waals surface area contributed by atoms with Gasteiger partial charge in [-0.25, -0.2) is 0 Å². The number of aromatic nitrogens is 2. The van der Waals surface area contributed by atoms with Crippen LogP contribution in [0.4, 0.5) is 5.69 Å². The van der Waals surface area contributed by atoms with Gasteiger partial charge in [-0.1, -0.05) is 0 Å². The molecule has 1 aromatic heterocycles. The van der Waals surface area contributed by atoms with E-state index >= 15 is 0 Å². The number of anilines is 1. The molecule has 4 nitrogen and oxygen atoms in total. The Balaban J connectivity index is 2.17. The molecule has 1 unspecified atom stereocenters. The van der Waals surface area contributed by atoms with Crippen LogP contribution in [0.15, 0.2) is 6.20 Å². The molecule has 1 aliphatic heterocycles. The highest BCUT2D eigenvalue weighted by molar-refractivity contribution is 5.49. The second kappa shape index (κ2) is 3.61. The summed E-state index contributed by atoms with van der Waals surface area (Å²) in [6, 6.07) is 0.573. The molecule has 1 aromatic rings. The zero-order valence-corrected chi connectivity index (χ0v) is 9.12. The van der Waals surface area contributed by atoms with E-state index in [4.69, 9.17) is 0 Å². The Morgan fingerprint density at radius 1 is 1.57 bits per heavy atom. The smallest absolute Gasteiger partial charge is 0.0827 e. The average Bonchev–Trinajstić information content (AvgIpc) is 2.45. The van der Waals surface area contributed by atoms with Crippen LogP contribution in [-0.4, -0.2) is 35.5 Å². The van der Waals surface area contributed by atoms with Gasteiger partial charge < -0.3 is 10.2 Å². The molecular formula is C10H18N4. The van der Waals surface area contributed by atoms with E-state index in [1.54, 1.807) is 0 Å². The molecule has 14 heavy (non-hydrogen) atoms. The Kier molecular flexibility index (Phi) is 2.46. The lowest BCUT2D eigenvalue weighted by molar-refractivity contribution is 0.484. The summed E-state index contributed by atoms with van der Waals surface area (Å²) >= 11 is 0. The van der Waals surface area contributed by atoms with Gasteiger partial charge >= 0.3 is 0 Å². The largest absolute Gasteiger partial charge is 0.366 e. The van der Waals surface area contributed by atoms with Gasteiger partial charge in [0.1, 0.15) is 0 Å². The molecule has 1 fully saturated rings. The van der Waals surface area contributed by atoms with Crippen molar-refractivity contribution in [2.24, 2.45) is 7.05 Å². The molecule has 1 N–H and O–H groups in total. The first-order valence-electron chi connectivity index (χ1n) is 5.15. The molecule has 2 rings (SSSR count). The topological polar surface area (TPSA) is 33.1 Å². The lowest BCUT2D eigenvalue weighted by Crippen LogP contribution is -2.49. The lowest BCUT2D eigenvalue weighted by atomic mass is 10.2. The van der Waals surface area contributed by atoms with Gasteiger partial charge in [0, 0.05) is 38.9 Å². The first kappa shape index (κ1) is 9.52. The summed E-state index contributed by atoms with van der Waals surface area (Å²) in [5.41, 5.74) is 2.41. The van der Waals surface area contributed by atoms with E-state index in [0.29, 0.717) is 6.04 Å². The molecule has 0 saturated carbocycles. The van der Waals surface area contributed by atoms with Crippen LogP contribution in [0, 0.1) is 6.92 Å². The first-order valence-corrected chi connectivity index (χ1v) is 5.15. The van der Waals surface area contributed by atoms with Gasteiger partial charge in [0.2, 0.25) is 0 Å². The summed E-state index contributed by atoms with van der Waals surface area (Å²) < 4.78 is 1.89. The molecule has 0 radical (unpaired) electrons. The van der Waals surface area contributed by atoms with Gasteiger partial charge in [0.25, 0.3) is 0 Å². The Hall–Kier alpha value is -1.03. The first-order chi connectivity index (χ1) is 6.66. The molecule has 0 aromatic carbocycles.